The molecule has 0 fully saturated rings. The standard InChI is InChI=1S/C14H29N3O/c1-5-14(13-15,16-4)9-8-10-17(6-2)11-12-18-7-3/h16H,5-12H2,1-4H3. The molecule has 0 aliphatic heterocycles. The van der Waals surface area contributed by atoms with Gasteiger partial charge in [-0.3, -0.25) is 0 Å². The number of hydrogen-bond acceptors (Lipinski definition) is 4. The predicted molar refractivity (Wildman–Crippen MR) is 75.5 cm³/mol. The van der Waals surface area contributed by atoms with Crippen molar-refractivity contribution in [3.05, 3.63) is 0 Å². The molecule has 1 atom stereocenters. The van der Waals surface area contributed by atoms with Crippen molar-refractivity contribution in [3.8, 4) is 6.07 Å². The van der Waals surface area contributed by atoms with Gasteiger partial charge < -0.3 is 15.0 Å². The van der Waals surface area contributed by atoms with E-state index in [2.05, 4.69) is 30.1 Å². The molecule has 0 radical (unpaired) electrons. The van der Waals surface area contributed by atoms with Crippen LogP contribution in [0.15, 0.2) is 0 Å². The molecule has 0 aliphatic carbocycles. The van der Waals surface area contributed by atoms with E-state index in [0.29, 0.717) is 0 Å². The van der Waals surface area contributed by atoms with Crippen LogP contribution >= 0.6 is 0 Å². The van der Waals surface area contributed by atoms with Gasteiger partial charge in [-0.2, -0.15) is 5.26 Å². The van der Waals surface area contributed by atoms with Gasteiger partial charge in [-0.1, -0.05) is 13.8 Å². The van der Waals surface area contributed by atoms with Crippen molar-refractivity contribution in [1.29, 1.82) is 5.26 Å². The molecule has 0 aliphatic rings. The lowest BCUT2D eigenvalue weighted by Crippen LogP contribution is -2.41. The maximum absolute atomic E-state index is 9.23. The minimum absolute atomic E-state index is 0.348. The third kappa shape index (κ3) is 6.34. The summed E-state index contributed by atoms with van der Waals surface area (Å²) in [4.78, 5) is 2.38. The highest BCUT2D eigenvalue weighted by atomic mass is 16.5. The molecule has 106 valence electrons. The lowest BCUT2D eigenvalue weighted by molar-refractivity contribution is 0.114. The van der Waals surface area contributed by atoms with E-state index in [-0.39, 0.29) is 5.54 Å². The van der Waals surface area contributed by atoms with Crippen molar-refractivity contribution >= 4 is 0 Å². The SMILES string of the molecule is CCOCCN(CC)CCCC(C#N)(CC)NC. The maximum Gasteiger partial charge on any atom is 0.106 e. The Morgan fingerprint density at radius 3 is 2.44 bits per heavy atom. The first-order chi connectivity index (χ1) is 8.67. The molecule has 0 spiro atoms. The maximum atomic E-state index is 9.23. The van der Waals surface area contributed by atoms with Crippen molar-refractivity contribution in [3.63, 3.8) is 0 Å². The van der Waals surface area contributed by atoms with Crippen molar-refractivity contribution in [2.24, 2.45) is 0 Å². The zero-order chi connectivity index (χ0) is 13.9. The number of nitrogens with one attached hydrogen (secondary N) is 1. The summed E-state index contributed by atoms with van der Waals surface area (Å²) in [5.41, 5.74) is -0.348. The number of rotatable bonds is 11. The molecule has 0 rings (SSSR count). The molecule has 1 N–H and O–H groups in total. The van der Waals surface area contributed by atoms with Gasteiger partial charge in [-0.15, -0.1) is 0 Å². The van der Waals surface area contributed by atoms with Gasteiger partial charge in [0.15, 0.2) is 0 Å². The minimum atomic E-state index is -0.348. The molecular formula is C14H29N3O. The first-order valence-corrected chi connectivity index (χ1v) is 7.08. The van der Waals surface area contributed by atoms with Crippen LogP contribution in [0.25, 0.3) is 0 Å². The summed E-state index contributed by atoms with van der Waals surface area (Å²) in [5.74, 6) is 0. The number of ether oxygens (including phenoxy) is 1. The molecule has 0 aromatic carbocycles. The second-order valence-electron chi connectivity index (χ2n) is 4.53. The highest BCUT2D eigenvalue weighted by Crippen LogP contribution is 2.16. The molecular weight excluding hydrogens is 226 g/mol. The van der Waals surface area contributed by atoms with Gasteiger partial charge in [0.1, 0.15) is 5.54 Å². The first-order valence-electron chi connectivity index (χ1n) is 7.08. The Morgan fingerprint density at radius 2 is 2.00 bits per heavy atom. The molecule has 0 aromatic heterocycles. The van der Waals surface area contributed by atoms with Gasteiger partial charge in [0.05, 0.1) is 12.7 Å². The molecule has 0 heterocycles. The van der Waals surface area contributed by atoms with Crippen molar-refractivity contribution in [1.82, 2.24) is 10.2 Å². The Balaban J connectivity index is 3.95. The minimum Gasteiger partial charge on any atom is -0.380 e. The Morgan fingerprint density at radius 1 is 1.28 bits per heavy atom. The van der Waals surface area contributed by atoms with Crippen LogP contribution in [0, 0.1) is 11.3 Å². The Labute approximate surface area is 112 Å². The fourth-order valence-electron chi connectivity index (χ4n) is 2.04. The number of likely N-dealkylation sites (N-methyl/N-ethyl adjacent to an activating group) is 1. The Hall–Kier alpha value is -0.630. The largest absolute Gasteiger partial charge is 0.380 e. The molecule has 0 amide bonds. The summed E-state index contributed by atoms with van der Waals surface area (Å²) < 4.78 is 5.37. The molecule has 18 heavy (non-hydrogen) atoms. The van der Waals surface area contributed by atoms with Crippen LogP contribution in [-0.2, 0) is 4.74 Å². The third-order valence-electron chi connectivity index (χ3n) is 3.58. The zero-order valence-corrected chi connectivity index (χ0v) is 12.5. The summed E-state index contributed by atoms with van der Waals surface area (Å²) >= 11 is 0. The van der Waals surface area contributed by atoms with Gasteiger partial charge >= 0.3 is 0 Å². The summed E-state index contributed by atoms with van der Waals surface area (Å²) in [7, 11) is 1.87. The average molecular weight is 255 g/mol. The average Bonchev–Trinajstić information content (AvgIpc) is 2.42. The Kier molecular flexibility index (Phi) is 9.95. The smallest absolute Gasteiger partial charge is 0.106 e. The van der Waals surface area contributed by atoms with Crippen LogP contribution in [-0.4, -0.2) is 50.3 Å². The highest BCUT2D eigenvalue weighted by Gasteiger charge is 2.24. The molecule has 4 heteroatoms. The van der Waals surface area contributed by atoms with E-state index in [0.717, 1.165) is 52.1 Å². The van der Waals surface area contributed by atoms with Gasteiger partial charge in [-0.25, -0.2) is 0 Å². The zero-order valence-electron chi connectivity index (χ0n) is 12.5. The van der Waals surface area contributed by atoms with Crippen molar-refractivity contribution < 1.29 is 4.74 Å². The predicted octanol–water partition coefficient (Wildman–Crippen LogP) is 2.02. The second kappa shape index (κ2) is 10.3. The lowest BCUT2D eigenvalue weighted by Gasteiger charge is -2.26. The van der Waals surface area contributed by atoms with Crippen LogP contribution in [0.5, 0.6) is 0 Å². The van der Waals surface area contributed by atoms with Crippen molar-refractivity contribution in [2.45, 2.75) is 45.6 Å². The van der Waals surface area contributed by atoms with Gasteiger partial charge in [0.25, 0.3) is 0 Å². The number of nitriles is 1. The molecule has 4 nitrogen and oxygen atoms in total. The molecule has 1 unspecified atom stereocenters. The van der Waals surface area contributed by atoms with E-state index in [1.165, 1.54) is 0 Å². The van der Waals surface area contributed by atoms with E-state index in [4.69, 9.17) is 4.74 Å². The van der Waals surface area contributed by atoms with Gasteiger partial charge in [0.2, 0.25) is 0 Å². The summed E-state index contributed by atoms with van der Waals surface area (Å²) in [6.45, 7) is 10.9. The fourth-order valence-corrected chi connectivity index (χ4v) is 2.04. The third-order valence-corrected chi connectivity index (χ3v) is 3.58. The lowest BCUT2D eigenvalue weighted by atomic mass is 9.92. The molecule has 0 bridgehead atoms. The topological polar surface area (TPSA) is 48.3 Å². The van der Waals surface area contributed by atoms with Crippen LogP contribution < -0.4 is 5.32 Å². The summed E-state index contributed by atoms with van der Waals surface area (Å²) in [6.07, 6.45) is 2.80. The molecule has 0 aromatic rings. The van der Waals surface area contributed by atoms with Gasteiger partial charge in [0, 0.05) is 13.2 Å². The van der Waals surface area contributed by atoms with Crippen LogP contribution in [0.1, 0.15) is 40.0 Å². The van der Waals surface area contributed by atoms with Crippen LogP contribution in [0.4, 0.5) is 0 Å². The van der Waals surface area contributed by atoms with Crippen LogP contribution in [0.2, 0.25) is 0 Å². The Bertz CT molecular complexity index is 234. The normalized spacial score (nSPS) is 14.4. The highest BCUT2D eigenvalue weighted by molar-refractivity contribution is 5.05. The number of hydrogen-bond donors (Lipinski definition) is 1. The van der Waals surface area contributed by atoms with Crippen LogP contribution in [0.3, 0.4) is 0 Å². The van der Waals surface area contributed by atoms with E-state index in [1.54, 1.807) is 0 Å². The fraction of sp³-hybridized carbons (Fsp3) is 0.929. The van der Waals surface area contributed by atoms with Crippen molar-refractivity contribution in [2.75, 3.05) is 39.9 Å². The van der Waals surface area contributed by atoms with E-state index < -0.39 is 0 Å². The number of nitrogens with zero attached hydrogens (tertiary/aromatic N) is 2. The van der Waals surface area contributed by atoms with E-state index >= 15 is 0 Å². The second-order valence-corrected chi connectivity index (χ2v) is 4.53. The molecule has 0 saturated carbocycles. The monoisotopic (exact) mass is 255 g/mol. The van der Waals surface area contributed by atoms with Gasteiger partial charge in [-0.05, 0) is 46.3 Å². The molecule has 0 saturated heterocycles. The summed E-state index contributed by atoms with van der Waals surface area (Å²) in [6, 6.07) is 2.40. The quantitative estimate of drug-likeness (QED) is 0.574. The van der Waals surface area contributed by atoms with E-state index in [1.807, 2.05) is 14.0 Å². The summed E-state index contributed by atoms with van der Waals surface area (Å²) in [5, 5.41) is 12.4. The first kappa shape index (κ1) is 17.4. The van der Waals surface area contributed by atoms with E-state index in [9.17, 15) is 5.26 Å².